The lowest BCUT2D eigenvalue weighted by atomic mass is 10.1. The molecular formula is C24H19NO4. The van der Waals surface area contributed by atoms with Gasteiger partial charge in [-0.2, -0.15) is 0 Å². The molecule has 0 unspecified atom stereocenters. The lowest BCUT2D eigenvalue weighted by Gasteiger charge is -2.08. The first-order chi connectivity index (χ1) is 14.2. The zero-order chi connectivity index (χ0) is 20.1. The highest BCUT2D eigenvalue weighted by atomic mass is 16.5. The van der Waals surface area contributed by atoms with Crippen LogP contribution in [0.5, 0.6) is 5.75 Å². The van der Waals surface area contributed by atoms with Gasteiger partial charge in [0, 0.05) is 22.7 Å². The summed E-state index contributed by atoms with van der Waals surface area (Å²) in [4.78, 5) is 27.9. The van der Waals surface area contributed by atoms with Gasteiger partial charge in [0.05, 0.1) is 5.56 Å². The van der Waals surface area contributed by atoms with E-state index in [1.165, 1.54) is 0 Å². The smallest absolute Gasteiger partial charge is 0.338 e. The predicted molar refractivity (Wildman–Crippen MR) is 110 cm³/mol. The molecule has 0 aliphatic heterocycles. The van der Waals surface area contributed by atoms with Crippen molar-refractivity contribution < 1.29 is 19.1 Å². The number of carbonyl (C=O) groups excluding carboxylic acids is 2. The Kier molecular flexibility index (Phi) is 5.38. The SMILES string of the molecule is O=C(OCC(=O)c1c[nH]c2ccccc12)c1cccc(OCc2ccccc2)c1. The van der Waals surface area contributed by atoms with Crippen LogP contribution in [0.1, 0.15) is 26.3 Å². The Morgan fingerprint density at radius 2 is 1.66 bits per heavy atom. The van der Waals surface area contributed by atoms with Crippen molar-refractivity contribution in [2.75, 3.05) is 6.61 Å². The number of aromatic nitrogens is 1. The van der Waals surface area contributed by atoms with Crippen LogP contribution in [0.3, 0.4) is 0 Å². The van der Waals surface area contributed by atoms with E-state index in [2.05, 4.69) is 4.98 Å². The Morgan fingerprint density at radius 3 is 2.52 bits per heavy atom. The van der Waals surface area contributed by atoms with E-state index < -0.39 is 5.97 Å². The Labute approximate surface area is 167 Å². The molecule has 5 nitrogen and oxygen atoms in total. The Balaban J connectivity index is 1.37. The summed E-state index contributed by atoms with van der Waals surface area (Å²) in [6.07, 6.45) is 1.64. The van der Waals surface area contributed by atoms with Crippen LogP contribution in [0.25, 0.3) is 10.9 Å². The number of fused-ring (bicyclic) bond motifs is 1. The van der Waals surface area contributed by atoms with Crippen molar-refractivity contribution in [3.63, 3.8) is 0 Å². The number of esters is 1. The number of ketones is 1. The fourth-order valence-electron chi connectivity index (χ4n) is 3.05. The number of Topliss-reactive ketones (excluding diaryl/α,β-unsaturated/α-hetero) is 1. The number of carbonyl (C=O) groups is 2. The van der Waals surface area contributed by atoms with Gasteiger partial charge in [0.2, 0.25) is 5.78 Å². The summed E-state index contributed by atoms with van der Waals surface area (Å²) < 4.78 is 11.0. The van der Waals surface area contributed by atoms with Crippen LogP contribution in [-0.4, -0.2) is 23.3 Å². The lowest BCUT2D eigenvalue weighted by Crippen LogP contribution is -2.14. The summed E-state index contributed by atoms with van der Waals surface area (Å²) in [6.45, 7) is 0.0776. The van der Waals surface area contributed by atoms with Gasteiger partial charge >= 0.3 is 5.97 Å². The number of hydrogen-bond donors (Lipinski definition) is 1. The van der Waals surface area contributed by atoms with Crippen LogP contribution in [0.15, 0.2) is 85.1 Å². The summed E-state index contributed by atoms with van der Waals surface area (Å²) in [7, 11) is 0. The van der Waals surface area contributed by atoms with Gasteiger partial charge in [0.25, 0.3) is 0 Å². The Bertz CT molecular complexity index is 1150. The molecule has 0 spiro atoms. The number of rotatable bonds is 7. The maximum Gasteiger partial charge on any atom is 0.338 e. The van der Waals surface area contributed by atoms with E-state index in [4.69, 9.17) is 9.47 Å². The Morgan fingerprint density at radius 1 is 0.862 bits per heavy atom. The standard InChI is InChI=1S/C24H19NO4/c26-23(21-14-25-22-12-5-4-11-20(21)22)16-29-24(27)18-9-6-10-19(13-18)28-15-17-7-2-1-3-8-17/h1-14,25H,15-16H2. The van der Waals surface area contributed by atoms with Crippen LogP contribution in [0.4, 0.5) is 0 Å². The van der Waals surface area contributed by atoms with Gasteiger partial charge in [-0.3, -0.25) is 4.79 Å². The van der Waals surface area contributed by atoms with Gasteiger partial charge < -0.3 is 14.5 Å². The molecule has 0 atom stereocenters. The van der Waals surface area contributed by atoms with Gasteiger partial charge in [0.1, 0.15) is 12.4 Å². The van der Waals surface area contributed by atoms with E-state index in [0.29, 0.717) is 23.5 Å². The number of benzene rings is 3. The normalized spacial score (nSPS) is 10.6. The molecule has 144 valence electrons. The third-order valence-corrected chi connectivity index (χ3v) is 4.54. The second kappa shape index (κ2) is 8.44. The van der Waals surface area contributed by atoms with Gasteiger partial charge in [0.15, 0.2) is 6.61 Å². The molecule has 0 fully saturated rings. The molecular weight excluding hydrogens is 366 g/mol. The molecule has 0 bridgehead atoms. The number of aromatic amines is 1. The average Bonchev–Trinajstić information content (AvgIpc) is 3.21. The molecule has 3 aromatic carbocycles. The first-order valence-corrected chi connectivity index (χ1v) is 9.24. The summed E-state index contributed by atoms with van der Waals surface area (Å²) in [6, 6.07) is 24.0. The van der Waals surface area contributed by atoms with Gasteiger partial charge in [-0.1, -0.05) is 54.6 Å². The Hall–Kier alpha value is -3.86. The molecule has 1 aromatic heterocycles. The molecule has 0 aliphatic carbocycles. The van der Waals surface area contributed by atoms with Crippen LogP contribution < -0.4 is 4.74 Å². The minimum absolute atomic E-state index is 0.257. The van der Waals surface area contributed by atoms with E-state index in [-0.39, 0.29) is 12.4 Å². The molecule has 1 N–H and O–H groups in total. The number of ether oxygens (including phenoxy) is 2. The molecule has 0 aliphatic rings. The van der Waals surface area contributed by atoms with E-state index in [0.717, 1.165) is 16.5 Å². The molecule has 5 heteroatoms. The maximum atomic E-state index is 12.5. The van der Waals surface area contributed by atoms with Gasteiger partial charge in [-0.25, -0.2) is 4.79 Å². The number of para-hydroxylation sites is 1. The third-order valence-electron chi connectivity index (χ3n) is 4.54. The van der Waals surface area contributed by atoms with Crippen molar-refractivity contribution in [2.24, 2.45) is 0 Å². The monoisotopic (exact) mass is 385 g/mol. The van der Waals surface area contributed by atoms with E-state index >= 15 is 0 Å². The fourth-order valence-corrected chi connectivity index (χ4v) is 3.05. The van der Waals surface area contributed by atoms with Crippen LogP contribution in [-0.2, 0) is 11.3 Å². The van der Waals surface area contributed by atoms with Crippen molar-refractivity contribution in [1.82, 2.24) is 4.98 Å². The average molecular weight is 385 g/mol. The molecule has 1 heterocycles. The third kappa shape index (κ3) is 4.35. The minimum Gasteiger partial charge on any atom is -0.489 e. The molecule has 4 aromatic rings. The number of H-pyrrole nitrogens is 1. The second-order valence-corrected chi connectivity index (χ2v) is 6.55. The van der Waals surface area contributed by atoms with Crippen LogP contribution in [0, 0.1) is 0 Å². The van der Waals surface area contributed by atoms with Crippen LogP contribution >= 0.6 is 0 Å². The van der Waals surface area contributed by atoms with Gasteiger partial charge in [-0.05, 0) is 29.8 Å². The zero-order valence-electron chi connectivity index (χ0n) is 15.6. The summed E-state index contributed by atoms with van der Waals surface area (Å²) in [5.41, 5.74) is 2.74. The first kappa shape index (κ1) is 18.5. The number of nitrogens with one attached hydrogen (secondary N) is 1. The van der Waals surface area contributed by atoms with Gasteiger partial charge in [-0.15, -0.1) is 0 Å². The summed E-state index contributed by atoms with van der Waals surface area (Å²) in [5, 5.41) is 0.810. The maximum absolute atomic E-state index is 12.5. The molecule has 0 amide bonds. The second-order valence-electron chi connectivity index (χ2n) is 6.55. The molecule has 0 saturated heterocycles. The van der Waals surface area contributed by atoms with E-state index in [1.807, 2.05) is 54.6 Å². The highest BCUT2D eigenvalue weighted by Crippen LogP contribution is 2.19. The predicted octanol–water partition coefficient (Wildman–Crippen LogP) is 4.79. The largest absolute Gasteiger partial charge is 0.489 e. The number of hydrogen-bond acceptors (Lipinski definition) is 4. The zero-order valence-corrected chi connectivity index (χ0v) is 15.6. The fraction of sp³-hybridized carbons (Fsp3) is 0.0833. The topological polar surface area (TPSA) is 68.4 Å². The van der Waals surface area contributed by atoms with E-state index in [1.54, 1.807) is 30.5 Å². The highest BCUT2D eigenvalue weighted by Gasteiger charge is 2.15. The van der Waals surface area contributed by atoms with Crippen molar-refractivity contribution in [3.8, 4) is 5.75 Å². The summed E-state index contributed by atoms with van der Waals surface area (Å²) in [5.74, 6) is -0.262. The van der Waals surface area contributed by atoms with Crippen LogP contribution in [0.2, 0.25) is 0 Å². The van der Waals surface area contributed by atoms with Crippen molar-refractivity contribution in [2.45, 2.75) is 6.61 Å². The molecule has 29 heavy (non-hydrogen) atoms. The summed E-state index contributed by atoms with van der Waals surface area (Å²) >= 11 is 0. The molecule has 4 rings (SSSR count). The lowest BCUT2D eigenvalue weighted by molar-refractivity contribution is 0.0475. The van der Waals surface area contributed by atoms with Crippen molar-refractivity contribution in [1.29, 1.82) is 0 Å². The van der Waals surface area contributed by atoms with Crippen molar-refractivity contribution in [3.05, 3.63) is 102 Å². The van der Waals surface area contributed by atoms with E-state index in [9.17, 15) is 9.59 Å². The minimum atomic E-state index is -0.566. The van der Waals surface area contributed by atoms with Crippen molar-refractivity contribution >= 4 is 22.7 Å². The highest BCUT2D eigenvalue weighted by molar-refractivity contribution is 6.09. The quantitative estimate of drug-likeness (QED) is 0.367. The molecule has 0 saturated carbocycles. The first-order valence-electron chi connectivity index (χ1n) is 9.24. The molecule has 0 radical (unpaired) electrons.